The summed E-state index contributed by atoms with van der Waals surface area (Å²) in [6.07, 6.45) is 1.04. The topological polar surface area (TPSA) is 29.3 Å². The Morgan fingerprint density at radius 1 is 1.53 bits per heavy atom. The van der Waals surface area contributed by atoms with Gasteiger partial charge in [0.2, 0.25) is 0 Å². The van der Waals surface area contributed by atoms with Gasteiger partial charge >= 0.3 is 0 Å². The van der Waals surface area contributed by atoms with Gasteiger partial charge in [0.15, 0.2) is 0 Å². The molecule has 1 saturated heterocycles. The van der Waals surface area contributed by atoms with Gasteiger partial charge < -0.3 is 5.73 Å². The maximum atomic E-state index is 13.2. The second-order valence-electron chi connectivity index (χ2n) is 4.03. The van der Waals surface area contributed by atoms with Crippen LogP contribution in [0.1, 0.15) is 12.0 Å². The summed E-state index contributed by atoms with van der Waals surface area (Å²) in [5, 5.41) is 0. The molecule has 1 atom stereocenters. The third kappa shape index (κ3) is 2.77. The highest BCUT2D eigenvalue weighted by atomic mass is 79.9. The summed E-state index contributed by atoms with van der Waals surface area (Å²) < 4.78 is 13.8. The van der Waals surface area contributed by atoms with Crippen molar-refractivity contribution in [1.29, 1.82) is 0 Å². The maximum absolute atomic E-state index is 13.2. The van der Waals surface area contributed by atoms with Crippen LogP contribution < -0.4 is 5.73 Å². The van der Waals surface area contributed by atoms with Crippen LogP contribution in [-0.2, 0) is 6.54 Å². The molecule has 2 nitrogen and oxygen atoms in total. The van der Waals surface area contributed by atoms with Gasteiger partial charge in [-0.1, -0.05) is 6.07 Å². The van der Waals surface area contributed by atoms with Crippen molar-refractivity contribution in [2.45, 2.75) is 19.0 Å². The Kier molecular flexibility index (Phi) is 3.38. The van der Waals surface area contributed by atoms with Crippen molar-refractivity contribution < 1.29 is 4.39 Å². The van der Waals surface area contributed by atoms with Gasteiger partial charge in [0.25, 0.3) is 0 Å². The quantitative estimate of drug-likeness (QED) is 0.894. The average molecular weight is 273 g/mol. The molecule has 2 rings (SSSR count). The van der Waals surface area contributed by atoms with E-state index in [9.17, 15) is 4.39 Å². The fourth-order valence-electron chi connectivity index (χ4n) is 1.90. The molecule has 0 amide bonds. The third-order valence-electron chi connectivity index (χ3n) is 2.70. The van der Waals surface area contributed by atoms with Crippen molar-refractivity contribution in [3.8, 4) is 0 Å². The Labute approximate surface area is 97.4 Å². The zero-order valence-electron chi connectivity index (χ0n) is 8.42. The molecule has 1 aromatic carbocycles. The molecule has 0 aromatic heterocycles. The number of nitrogens with two attached hydrogens (primary N) is 1. The number of nitrogens with zero attached hydrogens (tertiary/aromatic N) is 1. The maximum Gasteiger partial charge on any atom is 0.137 e. The largest absolute Gasteiger partial charge is 0.326 e. The molecule has 0 unspecified atom stereocenters. The fraction of sp³-hybridized carbons (Fsp3) is 0.455. The Hall–Kier alpha value is -0.450. The molecule has 0 spiro atoms. The van der Waals surface area contributed by atoms with Crippen molar-refractivity contribution >= 4 is 15.9 Å². The Balaban J connectivity index is 2.02. The molecular weight excluding hydrogens is 259 g/mol. The smallest absolute Gasteiger partial charge is 0.137 e. The molecule has 1 aromatic rings. The molecule has 1 heterocycles. The van der Waals surface area contributed by atoms with Gasteiger partial charge in [0, 0.05) is 25.7 Å². The first kappa shape index (κ1) is 11.0. The zero-order valence-corrected chi connectivity index (χ0v) is 10.0. The van der Waals surface area contributed by atoms with Gasteiger partial charge in [0.05, 0.1) is 4.47 Å². The number of likely N-dealkylation sites (tertiary alicyclic amines) is 1. The predicted molar refractivity (Wildman–Crippen MR) is 62.0 cm³/mol. The number of benzene rings is 1. The van der Waals surface area contributed by atoms with Crippen molar-refractivity contribution in [3.05, 3.63) is 34.1 Å². The average Bonchev–Trinajstić information content (AvgIpc) is 2.58. The highest BCUT2D eigenvalue weighted by Gasteiger charge is 2.18. The fourth-order valence-corrected chi connectivity index (χ4v) is 2.15. The number of hydrogen-bond donors (Lipinski definition) is 1. The number of hydrogen-bond acceptors (Lipinski definition) is 2. The van der Waals surface area contributed by atoms with Gasteiger partial charge in [-0.25, -0.2) is 4.39 Å². The first-order valence-corrected chi connectivity index (χ1v) is 5.86. The van der Waals surface area contributed by atoms with E-state index in [1.54, 1.807) is 12.1 Å². The van der Waals surface area contributed by atoms with Crippen LogP contribution in [0.5, 0.6) is 0 Å². The van der Waals surface area contributed by atoms with E-state index in [-0.39, 0.29) is 11.9 Å². The van der Waals surface area contributed by atoms with Crippen LogP contribution in [0.15, 0.2) is 22.7 Å². The van der Waals surface area contributed by atoms with E-state index in [4.69, 9.17) is 5.73 Å². The molecule has 0 saturated carbocycles. The van der Waals surface area contributed by atoms with Gasteiger partial charge in [-0.2, -0.15) is 0 Å². The van der Waals surface area contributed by atoms with Crippen LogP contribution >= 0.6 is 15.9 Å². The van der Waals surface area contributed by atoms with Crippen LogP contribution in [0.4, 0.5) is 4.39 Å². The highest BCUT2D eigenvalue weighted by Crippen LogP contribution is 2.18. The van der Waals surface area contributed by atoms with Crippen LogP contribution in [0.25, 0.3) is 0 Å². The minimum atomic E-state index is -0.198. The first-order valence-electron chi connectivity index (χ1n) is 5.07. The summed E-state index contributed by atoms with van der Waals surface area (Å²) in [5.74, 6) is -0.198. The molecule has 0 aliphatic carbocycles. The molecule has 1 aliphatic heterocycles. The van der Waals surface area contributed by atoms with Crippen LogP contribution in [0.3, 0.4) is 0 Å². The Bertz CT molecular complexity index is 356. The van der Waals surface area contributed by atoms with Crippen molar-refractivity contribution in [2.75, 3.05) is 13.1 Å². The summed E-state index contributed by atoms with van der Waals surface area (Å²) in [7, 11) is 0. The van der Waals surface area contributed by atoms with E-state index in [1.165, 1.54) is 0 Å². The third-order valence-corrected chi connectivity index (χ3v) is 3.34. The van der Waals surface area contributed by atoms with E-state index in [0.29, 0.717) is 4.47 Å². The minimum absolute atomic E-state index is 0.198. The van der Waals surface area contributed by atoms with Crippen LogP contribution in [0, 0.1) is 5.82 Å². The summed E-state index contributed by atoms with van der Waals surface area (Å²) in [5.41, 5.74) is 6.81. The van der Waals surface area contributed by atoms with Gasteiger partial charge in [-0.05, 0) is 40.0 Å². The standard InChI is InChI=1S/C11H14BrFN2/c12-10-2-1-8(5-11(10)13)6-15-4-3-9(14)7-15/h1-2,5,9H,3-4,6-7,14H2/t9-/m1/s1. The van der Waals surface area contributed by atoms with E-state index < -0.39 is 0 Å². The molecule has 1 fully saturated rings. The Morgan fingerprint density at radius 3 is 2.93 bits per heavy atom. The van der Waals surface area contributed by atoms with E-state index >= 15 is 0 Å². The van der Waals surface area contributed by atoms with Crippen LogP contribution in [0.2, 0.25) is 0 Å². The number of halogens is 2. The van der Waals surface area contributed by atoms with E-state index in [1.807, 2.05) is 6.07 Å². The molecule has 15 heavy (non-hydrogen) atoms. The second-order valence-corrected chi connectivity index (χ2v) is 4.89. The highest BCUT2D eigenvalue weighted by molar-refractivity contribution is 9.10. The monoisotopic (exact) mass is 272 g/mol. The molecular formula is C11H14BrFN2. The summed E-state index contributed by atoms with van der Waals surface area (Å²) >= 11 is 3.14. The van der Waals surface area contributed by atoms with Crippen molar-refractivity contribution in [1.82, 2.24) is 4.90 Å². The summed E-state index contributed by atoms with van der Waals surface area (Å²) in [6.45, 7) is 2.72. The summed E-state index contributed by atoms with van der Waals surface area (Å²) in [6, 6.07) is 5.55. The van der Waals surface area contributed by atoms with Gasteiger partial charge in [-0.15, -0.1) is 0 Å². The lowest BCUT2D eigenvalue weighted by molar-refractivity contribution is 0.326. The SMILES string of the molecule is N[C@@H]1CCN(Cc2ccc(Br)c(F)c2)C1. The molecule has 4 heteroatoms. The minimum Gasteiger partial charge on any atom is -0.326 e. The zero-order chi connectivity index (χ0) is 10.8. The lowest BCUT2D eigenvalue weighted by Gasteiger charge is -2.15. The molecule has 82 valence electrons. The van der Waals surface area contributed by atoms with Gasteiger partial charge in [0.1, 0.15) is 5.82 Å². The first-order chi connectivity index (χ1) is 7.15. The van der Waals surface area contributed by atoms with E-state index in [0.717, 1.165) is 31.6 Å². The summed E-state index contributed by atoms with van der Waals surface area (Å²) in [4.78, 5) is 2.26. The normalized spacial score (nSPS) is 22.2. The van der Waals surface area contributed by atoms with Crippen LogP contribution in [-0.4, -0.2) is 24.0 Å². The molecule has 0 bridgehead atoms. The second kappa shape index (κ2) is 4.60. The Morgan fingerprint density at radius 2 is 2.33 bits per heavy atom. The lowest BCUT2D eigenvalue weighted by Crippen LogP contribution is -2.26. The number of rotatable bonds is 2. The van der Waals surface area contributed by atoms with Gasteiger partial charge in [-0.3, -0.25) is 4.90 Å². The predicted octanol–water partition coefficient (Wildman–Crippen LogP) is 2.12. The van der Waals surface area contributed by atoms with E-state index in [2.05, 4.69) is 20.8 Å². The molecule has 1 aliphatic rings. The molecule has 2 N–H and O–H groups in total. The lowest BCUT2D eigenvalue weighted by atomic mass is 10.2. The van der Waals surface area contributed by atoms with Crippen molar-refractivity contribution in [2.24, 2.45) is 5.73 Å². The van der Waals surface area contributed by atoms with Crippen molar-refractivity contribution in [3.63, 3.8) is 0 Å². The molecule has 0 radical (unpaired) electrons.